The van der Waals surface area contributed by atoms with Gasteiger partial charge < -0.3 is 15.8 Å². The number of nitrogen functional groups attached to an aromatic ring is 1. The molecular formula is C23H17N5O4S. The molecule has 33 heavy (non-hydrogen) atoms. The lowest BCUT2D eigenvalue weighted by Gasteiger charge is -2.14. The van der Waals surface area contributed by atoms with E-state index in [1.165, 1.54) is 18.2 Å². The number of benzene rings is 3. The molecule has 1 amide bonds. The van der Waals surface area contributed by atoms with Gasteiger partial charge in [0.25, 0.3) is 15.9 Å². The summed E-state index contributed by atoms with van der Waals surface area (Å²) < 4.78 is 34.3. The average Bonchev–Trinajstić information content (AvgIpc) is 2.79. The Hall–Kier alpha value is -4.44. The Morgan fingerprint density at radius 1 is 0.879 bits per heavy atom. The number of rotatable bonds is 1. The number of carbonyl (C=O) groups excluding carboxylic acids is 1. The zero-order chi connectivity index (χ0) is 23.0. The van der Waals surface area contributed by atoms with Gasteiger partial charge in [-0.1, -0.05) is 30.3 Å². The van der Waals surface area contributed by atoms with E-state index in [1.807, 2.05) is 0 Å². The van der Waals surface area contributed by atoms with Crippen molar-refractivity contribution in [2.45, 2.75) is 4.90 Å². The van der Waals surface area contributed by atoms with Crippen molar-refractivity contribution in [3.63, 3.8) is 0 Å². The number of para-hydroxylation sites is 1. The molecule has 0 spiro atoms. The van der Waals surface area contributed by atoms with E-state index in [2.05, 4.69) is 20.0 Å². The normalized spacial score (nSPS) is 14.2. The number of nitrogens with one attached hydrogen (secondary N) is 2. The first-order valence-electron chi connectivity index (χ1n) is 9.83. The van der Waals surface area contributed by atoms with E-state index in [0.717, 1.165) is 0 Å². The van der Waals surface area contributed by atoms with Crippen LogP contribution in [0.1, 0.15) is 10.4 Å². The van der Waals surface area contributed by atoms with E-state index in [0.29, 0.717) is 33.9 Å². The Bertz CT molecular complexity index is 1500. The summed E-state index contributed by atoms with van der Waals surface area (Å²) >= 11 is 0. The fraction of sp³-hybridized carbons (Fsp3) is 0. The summed E-state index contributed by atoms with van der Waals surface area (Å²) in [5.41, 5.74) is 8.15. The molecule has 1 aliphatic heterocycles. The molecule has 164 valence electrons. The van der Waals surface area contributed by atoms with Crippen LogP contribution < -0.4 is 20.5 Å². The molecule has 4 aromatic rings. The lowest BCUT2D eigenvalue weighted by molar-refractivity contribution is 0.102. The number of carbonyl (C=O) groups is 1. The Balaban J connectivity index is 1.71. The van der Waals surface area contributed by atoms with Crippen molar-refractivity contribution in [3.05, 3.63) is 84.4 Å². The maximum Gasteiger partial charge on any atom is 0.264 e. The van der Waals surface area contributed by atoms with E-state index >= 15 is 0 Å². The van der Waals surface area contributed by atoms with E-state index in [9.17, 15) is 13.2 Å². The molecule has 10 heteroatoms. The number of aromatic nitrogens is 2. The molecule has 2 heterocycles. The van der Waals surface area contributed by atoms with Crippen molar-refractivity contribution >= 4 is 33.3 Å². The summed E-state index contributed by atoms with van der Waals surface area (Å²) in [7, 11) is -4.07. The SMILES string of the molecule is Nc1ccccc1-c1cc2nc(n1)NS(=O)(=O)c1cccc(c1)NC(=O)c1cccc(c1)O2. The van der Waals surface area contributed by atoms with Gasteiger partial charge in [0.1, 0.15) is 5.75 Å². The number of hydrogen-bond acceptors (Lipinski definition) is 7. The van der Waals surface area contributed by atoms with Crippen LogP contribution in [0.25, 0.3) is 11.3 Å². The standard InChI is InChI=1S/C23H17N5O4S/c24-19-10-2-1-9-18(19)20-13-21-27-23(26-20)28-33(30,31)17-8-4-6-15(12-17)25-22(29)14-5-3-7-16(11-14)32-21/h1-13H,24H2,(H,25,29)(H,26,27,28). The molecule has 6 bridgehead atoms. The van der Waals surface area contributed by atoms with E-state index in [1.54, 1.807) is 60.7 Å². The summed E-state index contributed by atoms with van der Waals surface area (Å²) in [6, 6.07) is 21.0. The second-order valence-electron chi connectivity index (χ2n) is 7.22. The molecule has 5 rings (SSSR count). The fourth-order valence-corrected chi connectivity index (χ4v) is 4.33. The molecule has 3 aromatic carbocycles. The highest BCUT2D eigenvalue weighted by Crippen LogP contribution is 2.31. The topological polar surface area (TPSA) is 136 Å². The quantitative estimate of drug-likeness (QED) is 0.367. The Morgan fingerprint density at radius 3 is 2.55 bits per heavy atom. The summed E-state index contributed by atoms with van der Waals surface area (Å²) in [6.45, 7) is 0. The Labute approximate surface area is 189 Å². The van der Waals surface area contributed by atoms with Crippen LogP contribution in [-0.4, -0.2) is 24.3 Å². The summed E-state index contributed by atoms with van der Waals surface area (Å²) in [5, 5.41) is 2.69. The van der Waals surface area contributed by atoms with Gasteiger partial charge in [0.2, 0.25) is 11.8 Å². The molecule has 0 radical (unpaired) electrons. The number of anilines is 3. The van der Waals surface area contributed by atoms with E-state index in [-0.39, 0.29) is 16.7 Å². The number of fused-ring (bicyclic) bond motifs is 6. The molecule has 0 fully saturated rings. The third-order valence-corrected chi connectivity index (χ3v) is 6.21. The van der Waals surface area contributed by atoms with Crippen LogP contribution >= 0.6 is 0 Å². The van der Waals surface area contributed by atoms with E-state index in [4.69, 9.17) is 10.5 Å². The molecule has 0 aliphatic carbocycles. The van der Waals surface area contributed by atoms with Gasteiger partial charge in [0.05, 0.1) is 10.6 Å². The first-order valence-corrected chi connectivity index (χ1v) is 11.3. The average molecular weight is 459 g/mol. The largest absolute Gasteiger partial charge is 0.439 e. The van der Waals surface area contributed by atoms with Gasteiger partial charge in [-0.2, -0.15) is 4.98 Å². The molecule has 0 saturated carbocycles. The molecule has 1 aliphatic rings. The first-order chi connectivity index (χ1) is 15.9. The van der Waals surface area contributed by atoms with Gasteiger partial charge in [0.15, 0.2) is 0 Å². The second-order valence-corrected chi connectivity index (χ2v) is 8.90. The van der Waals surface area contributed by atoms with Crippen LogP contribution in [-0.2, 0) is 10.0 Å². The Kier molecular flexibility index (Phi) is 4.91. The molecule has 0 saturated heterocycles. The second kappa shape index (κ2) is 7.92. The minimum atomic E-state index is -4.07. The summed E-state index contributed by atoms with van der Waals surface area (Å²) in [4.78, 5) is 21.2. The number of sulfonamides is 1. The number of nitrogens with zero attached hydrogens (tertiary/aromatic N) is 2. The van der Waals surface area contributed by atoms with Gasteiger partial charge in [-0.05, 0) is 42.5 Å². The van der Waals surface area contributed by atoms with Crippen molar-refractivity contribution in [3.8, 4) is 22.9 Å². The van der Waals surface area contributed by atoms with Crippen molar-refractivity contribution < 1.29 is 17.9 Å². The van der Waals surface area contributed by atoms with Gasteiger partial charge in [-0.25, -0.2) is 18.1 Å². The van der Waals surface area contributed by atoms with Gasteiger partial charge in [-0.3, -0.25) is 4.79 Å². The van der Waals surface area contributed by atoms with Crippen molar-refractivity contribution in [2.24, 2.45) is 0 Å². The molecular weight excluding hydrogens is 442 g/mol. The highest BCUT2D eigenvalue weighted by atomic mass is 32.2. The maximum atomic E-state index is 13.0. The smallest absolute Gasteiger partial charge is 0.264 e. The number of amides is 1. The number of nitrogens with two attached hydrogens (primary N) is 1. The highest BCUT2D eigenvalue weighted by Gasteiger charge is 2.20. The first kappa shape index (κ1) is 20.5. The van der Waals surface area contributed by atoms with Gasteiger partial charge in [-0.15, -0.1) is 0 Å². The Morgan fingerprint density at radius 2 is 1.70 bits per heavy atom. The minimum Gasteiger partial charge on any atom is -0.439 e. The van der Waals surface area contributed by atoms with Crippen molar-refractivity contribution in [1.82, 2.24) is 9.97 Å². The van der Waals surface area contributed by atoms with E-state index < -0.39 is 15.9 Å². The highest BCUT2D eigenvalue weighted by molar-refractivity contribution is 7.92. The lowest BCUT2D eigenvalue weighted by Crippen LogP contribution is -2.17. The van der Waals surface area contributed by atoms with Crippen LogP contribution in [0, 0.1) is 0 Å². The van der Waals surface area contributed by atoms with Crippen LogP contribution in [0.3, 0.4) is 0 Å². The molecule has 0 unspecified atom stereocenters. The maximum absolute atomic E-state index is 13.0. The zero-order valence-corrected chi connectivity index (χ0v) is 17.8. The molecule has 9 nitrogen and oxygen atoms in total. The predicted octanol–water partition coefficient (Wildman–Crippen LogP) is 3.88. The third-order valence-electron chi connectivity index (χ3n) is 4.89. The lowest BCUT2D eigenvalue weighted by atomic mass is 10.1. The van der Waals surface area contributed by atoms with Crippen LogP contribution in [0.5, 0.6) is 11.6 Å². The van der Waals surface area contributed by atoms with Crippen LogP contribution in [0.4, 0.5) is 17.3 Å². The monoisotopic (exact) mass is 459 g/mol. The fourth-order valence-electron chi connectivity index (χ4n) is 3.34. The van der Waals surface area contributed by atoms with Gasteiger partial charge >= 0.3 is 0 Å². The van der Waals surface area contributed by atoms with Crippen molar-refractivity contribution in [1.29, 1.82) is 0 Å². The van der Waals surface area contributed by atoms with Crippen molar-refractivity contribution in [2.75, 3.05) is 15.8 Å². The number of hydrogen-bond donors (Lipinski definition) is 3. The summed E-state index contributed by atoms with van der Waals surface area (Å²) in [5.74, 6) is -0.188. The minimum absolute atomic E-state index is 0.0678. The van der Waals surface area contributed by atoms with Gasteiger partial charge in [0, 0.05) is 28.6 Å². The predicted molar refractivity (Wildman–Crippen MR) is 124 cm³/mol. The molecule has 1 aromatic heterocycles. The van der Waals surface area contributed by atoms with Crippen LogP contribution in [0.15, 0.2) is 83.8 Å². The summed E-state index contributed by atoms with van der Waals surface area (Å²) in [6.07, 6.45) is 0. The third kappa shape index (κ3) is 4.19. The molecule has 0 atom stereocenters. The molecule has 4 N–H and O–H groups in total. The van der Waals surface area contributed by atoms with Crippen LogP contribution in [0.2, 0.25) is 0 Å². The number of ether oxygens (including phenoxy) is 1. The zero-order valence-electron chi connectivity index (χ0n) is 17.0.